The topological polar surface area (TPSA) is 23.1 Å². The van der Waals surface area contributed by atoms with E-state index in [0.717, 1.165) is 12.8 Å². The number of rotatable bonds is 3. The van der Waals surface area contributed by atoms with E-state index in [1.54, 1.807) is 5.70 Å². The quantitative estimate of drug-likeness (QED) is 0.387. The maximum absolute atomic E-state index is 9.75. The van der Waals surface area contributed by atoms with E-state index in [9.17, 15) is 4.80 Å². The van der Waals surface area contributed by atoms with Gasteiger partial charge in [0.15, 0.2) is 0 Å². The van der Waals surface area contributed by atoms with Crippen LogP contribution in [0.5, 0.6) is 0 Å². The van der Waals surface area contributed by atoms with Crippen LogP contribution in [0, 0.1) is 0 Å². The number of unbranched alkanes of at least 4 members (excludes halogenated alkanes) is 1. The molecule has 0 aliphatic rings. The van der Waals surface area contributed by atoms with Gasteiger partial charge in [-0.3, -0.25) is 0 Å². The molecule has 0 rings (SSSR count). The summed E-state index contributed by atoms with van der Waals surface area (Å²) in [7, 11) is -0.263. The van der Waals surface area contributed by atoms with Crippen molar-refractivity contribution < 1.29 is 34.4 Å². The molecule has 40 valence electrons. The molecule has 2 radical (unpaired) electrons. The summed E-state index contributed by atoms with van der Waals surface area (Å²) in [5.74, 6) is 0. The van der Waals surface area contributed by atoms with Crippen LogP contribution < -0.4 is 34.4 Å². The minimum absolute atomic E-state index is 0. The molecule has 8 heavy (non-hydrogen) atoms. The Labute approximate surface area is 75.4 Å². The Balaban J connectivity index is 0. The summed E-state index contributed by atoms with van der Waals surface area (Å²) in [5.41, 5.74) is 1.68. The van der Waals surface area contributed by atoms with Crippen LogP contribution in [0.2, 0.25) is 0 Å². The van der Waals surface area contributed by atoms with Crippen LogP contribution in [0.25, 0.3) is 0 Å². The first kappa shape index (κ1) is 11.7. The van der Waals surface area contributed by atoms with E-state index in [2.05, 4.69) is 6.92 Å². The monoisotopic (exact) mass is 136 g/mol. The van der Waals surface area contributed by atoms with Crippen LogP contribution in [0.3, 0.4) is 0 Å². The Bertz CT molecular complexity index is 56.4. The van der Waals surface area contributed by atoms with E-state index in [1.807, 2.05) is 6.08 Å². The molecule has 0 aliphatic carbocycles. The molecular weight excluding hydrogens is 127 g/mol. The standard InChI is InChI=1S/C5H9OSi.Na/c1-2-3-4-5-7-6;/h4-5H,2-3H2,1H3;/q-1;+1. The van der Waals surface area contributed by atoms with Crippen molar-refractivity contribution in [2.45, 2.75) is 19.8 Å². The molecule has 0 heterocycles. The predicted octanol–water partition coefficient (Wildman–Crippen LogP) is -2.72. The molecule has 0 amide bonds. The predicted molar refractivity (Wildman–Crippen MR) is 29.8 cm³/mol. The SMILES string of the molecule is CCCC=C[Si][O-].[Na+]. The third-order valence-corrected chi connectivity index (χ3v) is 1.01. The Kier molecular flexibility index (Phi) is 15.8. The van der Waals surface area contributed by atoms with Crippen LogP contribution >= 0.6 is 0 Å². The minimum Gasteiger partial charge on any atom is -0.860 e. The van der Waals surface area contributed by atoms with Crippen molar-refractivity contribution in [3.05, 3.63) is 11.8 Å². The van der Waals surface area contributed by atoms with Gasteiger partial charge in [0.25, 0.3) is 0 Å². The molecule has 3 heteroatoms. The molecule has 0 unspecified atom stereocenters. The van der Waals surface area contributed by atoms with Crippen molar-refractivity contribution in [3.63, 3.8) is 0 Å². The third-order valence-electron chi connectivity index (χ3n) is 0.641. The number of hydrogen-bond donors (Lipinski definition) is 0. The van der Waals surface area contributed by atoms with Crippen LogP contribution in [0.15, 0.2) is 11.8 Å². The van der Waals surface area contributed by atoms with Gasteiger partial charge < -0.3 is 4.80 Å². The van der Waals surface area contributed by atoms with Crippen molar-refractivity contribution in [1.82, 2.24) is 0 Å². The van der Waals surface area contributed by atoms with Gasteiger partial charge in [0.2, 0.25) is 0 Å². The van der Waals surface area contributed by atoms with Crippen LogP contribution in [0.4, 0.5) is 0 Å². The summed E-state index contributed by atoms with van der Waals surface area (Å²) in [5, 5.41) is 0. The number of allylic oxidation sites excluding steroid dienone is 1. The van der Waals surface area contributed by atoms with Crippen LogP contribution in [0.1, 0.15) is 19.8 Å². The van der Waals surface area contributed by atoms with Gasteiger partial charge in [-0.15, -0.1) is 5.70 Å². The molecule has 0 aromatic rings. The van der Waals surface area contributed by atoms with Crippen molar-refractivity contribution in [2.75, 3.05) is 0 Å². The van der Waals surface area contributed by atoms with Gasteiger partial charge in [-0.1, -0.05) is 29.2 Å². The zero-order valence-electron chi connectivity index (χ0n) is 5.48. The van der Waals surface area contributed by atoms with Gasteiger partial charge in [0.05, 0.1) is 0 Å². The van der Waals surface area contributed by atoms with Gasteiger partial charge >= 0.3 is 29.6 Å². The smallest absolute Gasteiger partial charge is 0.860 e. The molecule has 0 saturated carbocycles. The van der Waals surface area contributed by atoms with Gasteiger partial charge in [-0.05, 0) is 6.42 Å². The molecular formula is C5H9NaOSi. The molecule has 0 saturated heterocycles. The van der Waals surface area contributed by atoms with Crippen LogP contribution in [-0.4, -0.2) is 9.76 Å². The minimum atomic E-state index is -0.263. The summed E-state index contributed by atoms with van der Waals surface area (Å²) in [6.07, 6.45) is 4.13. The summed E-state index contributed by atoms with van der Waals surface area (Å²) in [4.78, 5) is 9.75. The molecule has 0 fully saturated rings. The fourth-order valence-corrected chi connectivity index (χ4v) is 0.561. The molecule has 0 bridgehead atoms. The van der Waals surface area contributed by atoms with Crippen LogP contribution in [-0.2, 0) is 0 Å². The second-order valence-electron chi connectivity index (χ2n) is 1.31. The van der Waals surface area contributed by atoms with Gasteiger partial charge in [0, 0.05) is 0 Å². The van der Waals surface area contributed by atoms with Gasteiger partial charge in [-0.25, -0.2) is 0 Å². The van der Waals surface area contributed by atoms with E-state index in [-0.39, 0.29) is 39.3 Å². The van der Waals surface area contributed by atoms with E-state index in [1.165, 1.54) is 0 Å². The van der Waals surface area contributed by atoms with Crippen molar-refractivity contribution >= 4 is 9.76 Å². The Morgan fingerprint density at radius 3 is 2.62 bits per heavy atom. The Morgan fingerprint density at radius 2 is 2.25 bits per heavy atom. The second kappa shape index (κ2) is 10.8. The van der Waals surface area contributed by atoms with E-state index < -0.39 is 0 Å². The largest absolute Gasteiger partial charge is 1.00 e. The summed E-state index contributed by atoms with van der Waals surface area (Å²) in [6, 6.07) is 0. The summed E-state index contributed by atoms with van der Waals surface area (Å²) in [6.45, 7) is 2.10. The molecule has 0 N–H and O–H groups in total. The third kappa shape index (κ3) is 10.0. The first-order chi connectivity index (χ1) is 3.41. The molecule has 0 aromatic heterocycles. The summed E-state index contributed by atoms with van der Waals surface area (Å²) < 4.78 is 0. The van der Waals surface area contributed by atoms with Crippen molar-refractivity contribution in [2.24, 2.45) is 0 Å². The Hall–Kier alpha value is 0.917. The molecule has 0 spiro atoms. The fraction of sp³-hybridized carbons (Fsp3) is 0.600. The average Bonchev–Trinajstić information content (AvgIpc) is 1.69. The van der Waals surface area contributed by atoms with Gasteiger partial charge in [-0.2, -0.15) is 0 Å². The van der Waals surface area contributed by atoms with E-state index >= 15 is 0 Å². The van der Waals surface area contributed by atoms with Crippen molar-refractivity contribution in [1.29, 1.82) is 0 Å². The molecule has 0 aliphatic heterocycles. The zero-order valence-corrected chi connectivity index (χ0v) is 8.48. The Morgan fingerprint density at radius 1 is 1.62 bits per heavy atom. The molecule has 0 aromatic carbocycles. The first-order valence-corrected chi connectivity index (χ1v) is 3.43. The maximum atomic E-state index is 9.75. The first-order valence-electron chi connectivity index (χ1n) is 2.44. The fourth-order valence-electron chi connectivity index (χ4n) is 0.298. The summed E-state index contributed by atoms with van der Waals surface area (Å²) >= 11 is 0. The molecule has 0 atom stereocenters. The molecule has 1 nitrogen and oxygen atoms in total. The van der Waals surface area contributed by atoms with Gasteiger partial charge in [0.1, 0.15) is 0 Å². The normalized spacial score (nSPS) is 9.25. The second-order valence-corrected chi connectivity index (χ2v) is 1.88. The van der Waals surface area contributed by atoms with E-state index in [0.29, 0.717) is 0 Å². The van der Waals surface area contributed by atoms with Crippen molar-refractivity contribution in [3.8, 4) is 0 Å². The average molecular weight is 136 g/mol. The van der Waals surface area contributed by atoms with E-state index in [4.69, 9.17) is 0 Å². The zero-order chi connectivity index (χ0) is 5.54. The number of hydrogen-bond acceptors (Lipinski definition) is 1. The maximum Gasteiger partial charge on any atom is 1.00 e.